The summed E-state index contributed by atoms with van der Waals surface area (Å²) < 4.78 is 28.0. The molecule has 3 aromatic rings. The van der Waals surface area contributed by atoms with Crippen LogP contribution in [0.2, 0.25) is 5.02 Å². The van der Waals surface area contributed by atoms with Gasteiger partial charge in [-0.1, -0.05) is 17.7 Å². The summed E-state index contributed by atoms with van der Waals surface area (Å²) >= 11 is 6.19. The number of fused-ring (bicyclic) bond motifs is 1. The highest BCUT2D eigenvalue weighted by Gasteiger charge is 2.57. The molecule has 35 heavy (non-hydrogen) atoms. The van der Waals surface area contributed by atoms with Crippen LogP contribution in [-0.4, -0.2) is 67.1 Å². The van der Waals surface area contributed by atoms with Gasteiger partial charge in [0.25, 0.3) is 0 Å². The van der Waals surface area contributed by atoms with Crippen LogP contribution in [0.1, 0.15) is 12.8 Å². The molecule has 11 heteroatoms. The van der Waals surface area contributed by atoms with Crippen LogP contribution in [0, 0.1) is 16.2 Å². The molecule has 182 valence electrons. The predicted octanol–water partition coefficient (Wildman–Crippen LogP) is 3.01. The zero-order valence-electron chi connectivity index (χ0n) is 19.3. The van der Waals surface area contributed by atoms with E-state index in [1.807, 2.05) is 30.1 Å². The number of halogens is 1. The Morgan fingerprint density at radius 2 is 1.89 bits per heavy atom. The van der Waals surface area contributed by atoms with Crippen molar-refractivity contribution in [3.05, 3.63) is 53.1 Å². The molecule has 0 amide bonds. The van der Waals surface area contributed by atoms with E-state index in [-0.39, 0.29) is 16.3 Å². The van der Waals surface area contributed by atoms with E-state index >= 15 is 0 Å². The van der Waals surface area contributed by atoms with Crippen LogP contribution >= 0.6 is 11.6 Å². The molecule has 0 bridgehead atoms. The van der Waals surface area contributed by atoms with E-state index in [9.17, 15) is 8.42 Å². The smallest absolute Gasteiger partial charge is 0.229 e. The largest absolute Gasteiger partial charge is 0.370 e. The monoisotopic (exact) mass is 511 g/mol. The number of aromatic nitrogens is 2. The van der Waals surface area contributed by atoms with E-state index in [2.05, 4.69) is 22.0 Å². The van der Waals surface area contributed by atoms with Crippen LogP contribution in [0.3, 0.4) is 0 Å². The molecule has 3 aliphatic rings. The molecule has 2 aromatic carbocycles. The maximum Gasteiger partial charge on any atom is 0.229 e. The maximum absolute atomic E-state index is 12.5. The predicted molar refractivity (Wildman–Crippen MR) is 137 cm³/mol. The first-order chi connectivity index (χ1) is 16.7. The molecule has 0 unspecified atom stereocenters. The fraction of sp³-hybridized carbons (Fsp3) is 0.375. The number of benzene rings is 2. The molecule has 0 atom stereocenters. The number of rotatable bonds is 6. The summed E-state index contributed by atoms with van der Waals surface area (Å²) in [6.45, 7) is 2.95. The van der Waals surface area contributed by atoms with Gasteiger partial charge in [0.1, 0.15) is 5.82 Å². The zero-order valence-corrected chi connectivity index (χ0v) is 20.8. The molecule has 9 nitrogen and oxygen atoms in total. The Balaban J connectivity index is 1.23. The Kier molecular flexibility index (Phi) is 5.00. The molecule has 2 N–H and O–H groups in total. The van der Waals surface area contributed by atoms with Gasteiger partial charge >= 0.3 is 0 Å². The molecule has 0 radical (unpaired) electrons. The number of hydrogen-bond donors (Lipinski definition) is 2. The van der Waals surface area contributed by atoms with Gasteiger partial charge in [-0.25, -0.2) is 12.7 Å². The lowest BCUT2D eigenvalue weighted by atomic mass is 9.74. The van der Waals surface area contributed by atoms with Gasteiger partial charge in [0.15, 0.2) is 0 Å². The first-order valence-electron chi connectivity index (χ1n) is 11.6. The summed E-state index contributed by atoms with van der Waals surface area (Å²) in [4.78, 5) is 8.69. The molecule has 3 heterocycles. The van der Waals surface area contributed by atoms with Gasteiger partial charge in [-0.3, -0.25) is 15.4 Å². The van der Waals surface area contributed by atoms with Crippen molar-refractivity contribution < 1.29 is 8.42 Å². The Labute approximate surface area is 208 Å². The molecule has 2 aliphatic heterocycles. The summed E-state index contributed by atoms with van der Waals surface area (Å²) in [5.41, 5.74) is 2.66. The molecular weight excluding hydrogens is 486 g/mol. The van der Waals surface area contributed by atoms with Crippen molar-refractivity contribution in [2.75, 3.05) is 43.0 Å². The minimum atomic E-state index is -3.07. The van der Waals surface area contributed by atoms with Crippen molar-refractivity contribution in [2.45, 2.75) is 18.1 Å². The highest BCUT2D eigenvalue weighted by molar-refractivity contribution is 7.90. The fourth-order valence-electron chi connectivity index (χ4n) is 5.23. The second-order valence-electron chi connectivity index (χ2n) is 9.87. The van der Waals surface area contributed by atoms with E-state index in [1.165, 1.54) is 4.57 Å². The summed E-state index contributed by atoms with van der Waals surface area (Å²) in [5, 5.41) is 17.2. The molecular formula is C24H26ClN7O2S. The summed E-state index contributed by atoms with van der Waals surface area (Å²) in [7, 11) is -1.16. The van der Waals surface area contributed by atoms with Gasteiger partial charge in [-0.05, 0) is 49.2 Å². The van der Waals surface area contributed by atoms with Gasteiger partial charge in [-0.2, -0.15) is 4.98 Å². The average Bonchev–Trinajstić information content (AvgIpc) is 3.62. The minimum absolute atomic E-state index is 0.0480. The van der Waals surface area contributed by atoms with Crippen LogP contribution in [0.5, 0.6) is 0 Å². The number of nitrogens with one attached hydrogen (secondary N) is 2. The molecule has 6 rings (SSSR count). The number of nitrogens with zero attached hydrogens (tertiary/aromatic N) is 5. The first-order valence-corrected chi connectivity index (χ1v) is 13.4. The Morgan fingerprint density at radius 3 is 2.57 bits per heavy atom. The highest BCUT2D eigenvalue weighted by atomic mass is 35.5. The van der Waals surface area contributed by atoms with Crippen LogP contribution in [-0.2, 0) is 10.0 Å². The van der Waals surface area contributed by atoms with E-state index in [0.29, 0.717) is 29.4 Å². The Hall–Kier alpha value is -2.95. The number of anilines is 3. The van der Waals surface area contributed by atoms with Gasteiger partial charge < -0.3 is 9.80 Å². The van der Waals surface area contributed by atoms with Crippen molar-refractivity contribution in [3.8, 4) is 0 Å². The molecule has 1 spiro atoms. The van der Waals surface area contributed by atoms with Crippen LogP contribution in [0.4, 0.5) is 17.2 Å². The standard InChI is InChI=1S/C24H26ClN7O2S/c1-29(22-20-8-5-16(25)9-21(20)32(15-26)23(27)28-22)17-3-2-4-18(10-17)30-11-24(12-30)13-31(14-24)35(33,34)19-6-7-19/h2-5,8-10,15,19,26-27H,6-7,11-14H2,1H3. The molecule has 2 saturated heterocycles. The van der Waals surface area contributed by atoms with Crippen LogP contribution in [0.25, 0.3) is 10.9 Å². The lowest BCUT2D eigenvalue weighted by Crippen LogP contribution is -2.73. The second-order valence-corrected chi connectivity index (χ2v) is 12.5. The highest BCUT2D eigenvalue weighted by Crippen LogP contribution is 2.46. The first kappa shape index (κ1) is 22.5. The van der Waals surface area contributed by atoms with E-state index in [4.69, 9.17) is 22.4 Å². The number of sulfonamides is 1. The third kappa shape index (κ3) is 3.62. The zero-order chi connectivity index (χ0) is 24.5. The second kappa shape index (κ2) is 7.78. The van der Waals surface area contributed by atoms with E-state index in [1.54, 1.807) is 16.4 Å². The summed E-state index contributed by atoms with van der Waals surface area (Å²) in [5.74, 6) is 0.608. The molecule has 3 fully saturated rings. The van der Waals surface area contributed by atoms with Crippen molar-refractivity contribution in [1.29, 1.82) is 10.8 Å². The molecule has 1 saturated carbocycles. The van der Waals surface area contributed by atoms with Crippen LogP contribution in [0.15, 0.2) is 42.5 Å². The Morgan fingerprint density at radius 1 is 1.14 bits per heavy atom. The van der Waals surface area contributed by atoms with Gasteiger partial charge in [-0.15, -0.1) is 0 Å². The normalized spacial score (nSPS) is 19.4. The molecule has 1 aromatic heterocycles. The summed E-state index contributed by atoms with van der Waals surface area (Å²) in [6.07, 6.45) is 2.68. The van der Waals surface area contributed by atoms with Crippen molar-refractivity contribution in [3.63, 3.8) is 0 Å². The summed E-state index contributed by atoms with van der Waals surface area (Å²) in [6, 6.07) is 13.5. The number of hydrogen-bond acceptors (Lipinski definition) is 7. The quantitative estimate of drug-likeness (QED) is 0.390. The topological polar surface area (TPSA) is 109 Å². The fourth-order valence-corrected chi connectivity index (χ4v) is 7.46. The van der Waals surface area contributed by atoms with Crippen molar-refractivity contribution >= 4 is 56.1 Å². The van der Waals surface area contributed by atoms with Gasteiger partial charge in [0, 0.05) is 60.4 Å². The van der Waals surface area contributed by atoms with Crippen LogP contribution < -0.4 is 15.4 Å². The maximum atomic E-state index is 12.5. The van der Waals surface area contributed by atoms with Gasteiger partial charge in [0.2, 0.25) is 15.6 Å². The SMILES string of the molecule is CN(c1cccc(N2CC3(C2)CN(S(=O)(=O)C2CC2)C3)c1)c1nc(=N)n(C=N)c2cc(Cl)ccc12. The lowest BCUT2D eigenvalue weighted by molar-refractivity contribution is 0.0394. The van der Waals surface area contributed by atoms with Crippen molar-refractivity contribution in [2.24, 2.45) is 5.41 Å². The Bertz CT molecular complexity index is 1520. The minimum Gasteiger partial charge on any atom is -0.370 e. The van der Waals surface area contributed by atoms with Crippen molar-refractivity contribution in [1.82, 2.24) is 13.9 Å². The van der Waals surface area contributed by atoms with E-state index in [0.717, 1.165) is 49.0 Å². The van der Waals surface area contributed by atoms with Gasteiger partial charge in [0.05, 0.1) is 17.1 Å². The third-order valence-electron chi connectivity index (χ3n) is 7.31. The lowest BCUT2D eigenvalue weighted by Gasteiger charge is -2.60. The average molecular weight is 512 g/mol. The van der Waals surface area contributed by atoms with E-state index < -0.39 is 10.0 Å². The molecule has 1 aliphatic carbocycles. The third-order valence-corrected chi connectivity index (χ3v) is 9.84.